The lowest BCUT2D eigenvalue weighted by Crippen LogP contribution is -2.44. The number of alkyl halides is 3. The van der Waals surface area contributed by atoms with Crippen molar-refractivity contribution in [2.45, 2.75) is 81.7 Å². The molecule has 0 bridgehead atoms. The highest BCUT2D eigenvalue weighted by molar-refractivity contribution is 6.74. The van der Waals surface area contributed by atoms with Gasteiger partial charge in [0, 0.05) is 52.7 Å². The number of rotatable bonds is 8. The number of H-pyrrole nitrogens is 1. The van der Waals surface area contributed by atoms with Crippen LogP contribution in [0, 0.1) is 0 Å². The van der Waals surface area contributed by atoms with Crippen molar-refractivity contribution in [3.63, 3.8) is 0 Å². The molecule has 41 heavy (non-hydrogen) atoms. The minimum absolute atomic E-state index is 0.0280. The molecule has 1 spiro atoms. The van der Waals surface area contributed by atoms with E-state index in [1.807, 2.05) is 12.1 Å². The van der Waals surface area contributed by atoms with E-state index in [2.05, 4.69) is 54.1 Å². The fraction of sp³-hybridized carbons (Fsp3) is 0.433. The minimum atomic E-state index is -3.82. The third-order valence-electron chi connectivity index (χ3n) is 8.67. The number of hydrogen-bond acceptors (Lipinski definition) is 5. The molecule has 2 N–H and O–H groups in total. The molecule has 3 aromatic rings. The zero-order chi connectivity index (χ0) is 29.8. The van der Waals surface area contributed by atoms with E-state index in [1.165, 1.54) is 24.3 Å². The standard InChI is InChI=1S/C30H34ClF2N3O4Si/c1-28(2,3)41(4,5)40-21-10-12-29(17-21)26-22(23-11-13-34-36-23)15-19(16-24(26)35-27(29)38)25(37)14-18-6-8-20(9-7-18)39-30(31,32)33/h6-9,11,13,15-16,21H,10,12,14,17H2,1-5H3,(H,34,36)(H,35,38). The molecule has 0 saturated heterocycles. The van der Waals surface area contributed by atoms with Gasteiger partial charge in [0.15, 0.2) is 14.1 Å². The number of benzene rings is 2. The zero-order valence-electron chi connectivity index (χ0n) is 23.7. The second-order valence-corrected chi connectivity index (χ2v) is 17.7. The third-order valence-corrected chi connectivity index (χ3v) is 13.3. The van der Waals surface area contributed by atoms with E-state index in [9.17, 15) is 18.4 Å². The number of ketones is 1. The maximum atomic E-state index is 13.6. The molecule has 2 aliphatic rings. The van der Waals surface area contributed by atoms with Crippen molar-refractivity contribution in [3.8, 4) is 17.0 Å². The van der Waals surface area contributed by atoms with Crippen LogP contribution in [0.2, 0.25) is 18.1 Å². The number of carbonyl (C=O) groups is 2. The van der Waals surface area contributed by atoms with Crippen LogP contribution >= 0.6 is 11.6 Å². The van der Waals surface area contributed by atoms with Gasteiger partial charge in [-0.25, -0.2) is 0 Å². The van der Waals surface area contributed by atoms with Crippen molar-refractivity contribution in [1.82, 2.24) is 10.2 Å². The van der Waals surface area contributed by atoms with E-state index in [-0.39, 0.29) is 35.0 Å². The average Bonchev–Trinajstić information content (AvgIpc) is 3.59. The van der Waals surface area contributed by atoms with Gasteiger partial charge in [-0.15, -0.1) is 8.78 Å². The van der Waals surface area contributed by atoms with E-state index < -0.39 is 19.3 Å². The predicted octanol–water partition coefficient (Wildman–Crippen LogP) is 7.43. The second-order valence-electron chi connectivity index (χ2n) is 12.5. The maximum Gasteiger partial charge on any atom is 0.487 e. The topological polar surface area (TPSA) is 93.3 Å². The summed E-state index contributed by atoms with van der Waals surface area (Å²) in [5.41, 5.74) is -0.587. The highest BCUT2D eigenvalue weighted by atomic mass is 35.5. The van der Waals surface area contributed by atoms with Gasteiger partial charge in [-0.2, -0.15) is 5.10 Å². The van der Waals surface area contributed by atoms with Gasteiger partial charge in [0.25, 0.3) is 0 Å². The lowest BCUT2D eigenvalue weighted by Gasteiger charge is -2.38. The molecule has 218 valence electrons. The lowest BCUT2D eigenvalue weighted by atomic mass is 9.76. The molecule has 7 nitrogen and oxygen atoms in total. The SMILES string of the molecule is CC(C)(C)[Si](C)(C)OC1CCC2(C1)C(=O)Nc1cc(C(=O)Cc3ccc(OC(F)(F)Cl)cc3)cc(-c3ccn[nH]3)c12. The Balaban J connectivity index is 1.45. The minimum Gasteiger partial charge on any atom is -0.420 e. The first-order valence-corrected chi connectivity index (χ1v) is 16.9. The molecule has 1 fully saturated rings. The van der Waals surface area contributed by atoms with Crippen LogP contribution in [0.3, 0.4) is 0 Å². The van der Waals surface area contributed by atoms with Crippen molar-refractivity contribution < 1.29 is 27.5 Å². The van der Waals surface area contributed by atoms with Crippen molar-refractivity contribution in [2.24, 2.45) is 0 Å². The first-order valence-electron chi connectivity index (χ1n) is 13.6. The highest BCUT2D eigenvalue weighted by Gasteiger charge is 2.54. The van der Waals surface area contributed by atoms with Gasteiger partial charge in [0.2, 0.25) is 5.91 Å². The van der Waals surface area contributed by atoms with Crippen LogP contribution < -0.4 is 10.1 Å². The number of Topliss-reactive ketones (excluding diaryl/α,β-unsaturated/α-hetero) is 1. The summed E-state index contributed by atoms with van der Waals surface area (Å²) >= 11 is 4.83. The van der Waals surface area contributed by atoms with Gasteiger partial charge < -0.3 is 14.5 Å². The number of nitrogens with one attached hydrogen (secondary N) is 2. The van der Waals surface area contributed by atoms with Crippen molar-refractivity contribution in [2.75, 3.05) is 5.32 Å². The Morgan fingerprint density at radius 3 is 2.49 bits per heavy atom. The van der Waals surface area contributed by atoms with Gasteiger partial charge in [-0.1, -0.05) is 32.9 Å². The fourth-order valence-electron chi connectivity index (χ4n) is 5.61. The first-order chi connectivity index (χ1) is 19.1. The lowest BCUT2D eigenvalue weighted by molar-refractivity contribution is -0.120. The van der Waals surface area contributed by atoms with Crippen LogP contribution in [-0.4, -0.2) is 41.9 Å². The molecule has 2 aromatic carbocycles. The third kappa shape index (κ3) is 5.82. The van der Waals surface area contributed by atoms with Gasteiger partial charge in [-0.05, 0) is 73.3 Å². The second kappa shape index (κ2) is 10.3. The van der Waals surface area contributed by atoms with Crippen LogP contribution in [0.1, 0.15) is 61.5 Å². The summed E-state index contributed by atoms with van der Waals surface area (Å²) in [6.07, 6.45) is 3.63. The monoisotopic (exact) mass is 601 g/mol. The Hall–Kier alpha value is -3.08. The fourth-order valence-corrected chi connectivity index (χ4v) is 7.09. The van der Waals surface area contributed by atoms with Gasteiger partial charge >= 0.3 is 5.57 Å². The number of fused-ring (bicyclic) bond motifs is 2. The number of hydrogen-bond donors (Lipinski definition) is 2. The number of ether oxygens (including phenoxy) is 1. The molecule has 0 radical (unpaired) electrons. The Morgan fingerprint density at radius 2 is 1.88 bits per heavy atom. The molecule has 1 aliphatic carbocycles. The molecule has 1 aliphatic heterocycles. The Kier molecular flexibility index (Phi) is 7.41. The summed E-state index contributed by atoms with van der Waals surface area (Å²) in [5.74, 6) is -0.378. The molecule has 5 rings (SSSR count). The molecule has 1 aromatic heterocycles. The molecule has 1 saturated carbocycles. The highest BCUT2D eigenvalue weighted by Crippen LogP contribution is 2.54. The molecule has 11 heteroatoms. The first kappa shape index (κ1) is 29.4. The summed E-state index contributed by atoms with van der Waals surface area (Å²) in [6, 6.07) is 11.1. The maximum absolute atomic E-state index is 13.6. The summed E-state index contributed by atoms with van der Waals surface area (Å²) < 4.78 is 36.9. The van der Waals surface area contributed by atoms with Crippen molar-refractivity contribution in [1.29, 1.82) is 0 Å². The van der Waals surface area contributed by atoms with Gasteiger partial charge in [0.1, 0.15) is 5.75 Å². The normalized spacial score (nSPS) is 20.8. The Morgan fingerprint density at radius 1 is 1.17 bits per heavy atom. The summed E-state index contributed by atoms with van der Waals surface area (Å²) in [4.78, 5) is 27.1. The number of anilines is 1. The molecule has 2 heterocycles. The zero-order valence-corrected chi connectivity index (χ0v) is 25.5. The van der Waals surface area contributed by atoms with Crippen LogP contribution in [0.5, 0.6) is 5.75 Å². The number of aromatic amines is 1. The van der Waals surface area contributed by atoms with Crippen LogP contribution in [0.25, 0.3) is 11.3 Å². The number of halogens is 3. The Bertz CT molecular complexity index is 1470. The van der Waals surface area contributed by atoms with Crippen LogP contribution in [0.15, 0.2) is 48.7 Å². The van der Waals surface area contributed by atoms with Crippen LogP contribution in [-0.2, 0) is 21.1 Å². The number of aromatic nitrogens is 2. The van der Waals surface area contributed by atoms with Crippen molar-refractivity contribution >= 4 is 37.3 Å². The van der Waals surface area contributed by atoms with E-state index >= 15 is 0 Å². The van der Waals surface area contributed by atoms with Crippen LogP contribution in [0.4, 0.5) is 14.5 Å². The summed E-state index contributed by atoms with van der Waals surface area (Å²) in [5, 5.41) is 10.2. The smallest absolute Gasteiger partial charge is 0.420 e. The van der Waals surface area contributed by atoms with E-state index in [4.69, 9.17) is 16.0 Å². The molecular weight excluding hydrogens is 568 g/mol. The quantitative estimate of drug-likeness (QED) is 0.159. The van der Waals surface area contributed by atoms with E-state index in [0.29, 0.717) is 35.3 Å². The van der Waals surface area contributed by atoms with Gasteiger partial charge in [-0.3, -0.25) is 14.7 Å². The number of amides is 1. The Labute approximate surface area is 244 Å². The summed E-state index contributed by atoms with van der Waals surface area (Å²) in [7, 11) is -2.04. The average molecular weight is 602 g/mol. The summed E-state index contributed by atoms with van der Waals surface area (Å²) in [6.45, 7) is 11.1. The molecule has 1 amide bonds. The largest absolute Gasteiger partial charge is 0.487 e. The number of carbonyl (C=O) groups excluding carboxylic acids is 2. The van der Waals surface area contributed by atoms with E-state index in [0.717, 1.165) is 17.5 Å². The predicted molar refractivity (Wildman–Crippen MR) is 156 cm³/mol. The molecule has 2 atom stereocenters. The molecule has 2 unspecified atom stereocenters. The van der Waals surface area contributed by atoms with Crippen molar-refractivity contribution in [3.05, 3.63) is 65.4 Å². The van der Waals surface area contributed by atoms with Gasteiger partial charge in [0.05, 0.1) is 11.1 Å². The van der Waals surface area contributed by atoms with E-state index in [1.54, 1.807) is 12.3 Å². The molecular formula is C30H34ClF2N3O4Si. The number of nitrogens with zero attached hydrogens (tertiary/aromatic N) is 1.